The monoisotopic (exact) mass is 350 g/mol. The van der Waals surface area contributed by atoms with Gasteiger partial charge in [-0.3, -0.25) is 9.59 Å². The number of carbonyl (C=O) groups excluding carboxylic acids is 2. The minimum atomic E-state index is -1.43. The van der Waals surface area contributed by atoms with Crippen LogP contribution in [0.2, 0.25) is 0 Å². The summed E-state index contributed by atoms with van der Waals surface area (Å²) in [6, 6.07) is 9.46. The predicted octanol–water partition coefficient (Wildman–Crippen LogP) is 0.00740. The number of carbonyl (C=O) groups is 2. The summed E-state index contributed by atoms with van der Waals surface area (Å²) in [6.45, 7) is 2.60. The van der Waals surface area contributed by atoms with Gasteiger partial charge in [-0.05, 0) is 5.56 Å². The Morgan fingerprint density at radius 1 is 1.32 bits per heavy atom. The van der Waals surface area contributed by atoms with Crippen molar-refractivity contribution >= 4 is 11.8 Å². The molecule has 2 amide bonds. The molecular formula is C18H26N2O5. The standard InChI is InChI=1S/C18H26N2O5/c1-15(22)20-8-10-25-14-18(24,13-20)11-17(23)19(7-9-21)12-16-5-3-2-4-6-16/h2-6,21,24H,7-14H2,1H3/t18-/m0/s1. The molecule has 0 aromatic heterocycles. The fraction of sp³-hybridized carbons (Fsp3) is 0.556. The number of hydrogen-bond donors (Lipinski definition) is 2. The van der Waals surface area contributed by atoms with Crippen molar-refractivity contribution in [2.24, 2.45) is 0 Å². The maximum atomic E-state index is 12.7. The Kier molecular flexibility index (Phi) is 6.92. The highest BCUT2D eigenvalue weighted by molar-refractivity contribution is 5.78. The van der Waals surface area contributed by atoms with Crippen LogP contribution in [0.4, 0.5) is 0 Å². The Morgan fingerprint density at radius 3 is 2.68 bits per heavy atom. The number of amides is 2. The molecular weight excluding hydrogens is 324 g/mol. The predicted molar refractivity (Wildman–Crippen MR) is 91.6 cm³/mol. The molecule has 0 aliphatic carbocycles. The molecule has 0 bridgehead atoms. The van der Waals surface area contributed by atoms with Crippen LogP contribution in [0.3, 0.4) is 0 Å². The number of β-amino-alcohol motifs (C(OH)–C–C–N with tert-alkyl or cyclic N) is 1. The van der Waals surface area contributed by atoms with Crippen LogP contribution in [0.1, 0.15) is 18.9 Å². The lowest BCUT2D eigenvalue weighted by Crippen LogP contribution is -2.49. The average molecular weight is 350 g/mol. The molecule has 0 unspecified atom stereocenters. The van der Waals surface area contributed by atoms with Gasteiger partial charge < -0.3 is 24.7 Å². The molecule has 2 rings (SSSR count). The van der Waals surface area contributed by atoms with Crippen LogP contribution in [0.15, 0.2) is 30.3 Å². The fourth-order valence-corrected chi connectivity index (χ4v) is 2.90. The number of ether oxygens (including phenoxy) is 1. The van der Waals surface area contributed by atoms with E-state index in [9.17, 15) is 19.8 Å². The summed E-state index contributed by atoms with van der Waals surface area (Å²) in [5, 5.41) is 20.1. The van der Waals surface area contributed by atoms with E-state index in [1.807, 2.05) is 30.3 Å². The Hall–Kier alpha value is -1.96. The quantitative estimate of drug-likeness (QED) is 0.754. The molecule has 0 spiro atoms. The lowest BCUT2D eigenvalue weighted by Gasteiger charge is -2.32. The third-order valence-corrected chi connectivity index (χ3v) is 4.23. The van der Waals surface area contributed by atoms with Crippen LogP contribution in [-0.4, -0.2) is 76.9 Å². The van der Waals surface area contributed by atoms with Crippen LogP contribution >= 0.6 is 0 Å². The molecule has 25 heavy (non-hydrogen) atoms. The van der Waals surface area contributed by atoms with E-state index in [1.165, 1.54) is 16.7 Å². The van der Waals surface area contributed by atoms with Gasteiger partial charge in [0, 0.05) is 26.6 Å². The van der Waals surface area contributed by atoms with Crippen molar-refractivity contribution in [3.63, 3.8) is 0 Å². The fourth-order valence-electron chi connectivity index (χ4n) is 2.90. The second kappa shape index (κ2) is 8.94. The number of hydrogen-bond acceptors (Lipinski definition) is 5. The van der Waals surface area contributed by atoms with Gasteiger partial charge in [-0.2, -0.15) is 0 Å². The SMILES string of the molecule is CC(=O)N1CCOC[C@](O)(CC(=O)N(CCO)Cc2ccccc2)C1. The van der Waals surface area contributed by atoms with Crippen molar-refractivity contribution in [2.45, 2.75) is 25.5 Å². The van der Waals surface area contributed by atoms with Crippen molar-refractivity contribution in [3.8, 4) is 0 Å². The summed E-state index contributed by atoms with van der Waals surface area (Å²) in [7, 11) is 0. The molecule has 1 heterocycles. The van der Waals surface area contributed by atoms with E-state index in [1.54, 1.807) is 0 Å². The van der Waals surface area contributed by atoms with Crippen molar-refractivity contribution in [1.29, 1.82) is 0 Å². The van der Waals surface area contributed by atoms with Gasteiger partial charge in [-0.15, -0.1) is 0 Å². The van der Waals surface area contributed by atoms with Crippen molar-refractivity contribution < 1.29 is 24.5 Å². The Labute approximate surface area is 147 Å². The second-order valence-electron chi connectivity index (χ2n) is 6.42. The maximum Gasteiger partial charge on any atom is 0.226 e. The lowest BCUT2D eigenvalue weighted by molar-refractivity contribution is -0.143. The van der Waals surface area contributed by atoms with Gasteiger partial charge in [-0.1, -0.05) is 30.3 Å². The van der Waals surface area contributed by atoms with E-state index < -0.39 is 5.60 Å². The first-order valence-electron chi connectivity index (χ1n) is 8.42. The van der Waals surface area contributed by atoms with E-state index in [-0.39, 0.29) is 44.5 Å². The summed E-state index contributed by atoms with van der Waals surface area (Å²) in [4.78, 5) is 27.3. The molecule has 0 radical (unpaired) electrons. The molecule has 1 aromatic carbocycles. The minimum Gasteiger partial charge on any atom is -0.395 e. The van der Waals surface area contributed by atoms with Crippen molar-refractivity contribution in [2.75, 3.05) is 39.5 Å². The van der Waals surface area contributed by atoms with Crippen molar-refractivity contribution in [1.82, 2.24) is 9.80 Å². The van der Waals surface area contributed by atoms with E-state index >= 15 is 0 Å². The third kappa shape index (κ3) is 5.81. The van der Waals surface area contributed by atoms with Gasteiger partial charge in [0.05, 0.1) is 32.8 Å². The average Bonchev–Trinajstić information content (AvgIpc) is 2.77. The molecule has 1 aliphatic heterocycles. The zero-order valence-electron chi connectivity index (χ0n) is 14.6. The molecule has 1 saturated heterocycles. The Balaban J connectivity index is 2.06. The van der Waals surface area contributed by atoms with Gasteiger partial charge in [0.25, 0.3) is 0 Å². The van der Waals surface area contributed by atoms with Crippen LogP contribution in [0.25, 0.3) is 0 Å². The van der Waals surface area contributed by atoms with E-state index in [0.29, 0.717) is 19.7 Å². The summed E-state index contributed by atoms with van der Waals surface area (Å²) in [5.74, 6) is -0.442. The number of aliphatic hydroxyl groups is 2. The number of rotatable bonds is 6. The summed E-state index contributed by atoms with van der Waals surface area (Å²) in [6.07, 6.45) is -0.163. The summed E-state index contributed by atoms with van der Waals surface area (Å²) >= 11 is 0. The molecule has 1 atom stereocenters. The first-order valence-corrected chi connectivity index (χ1v) is 8.42. The molecule has 1 aliphatic rings. The van der Waals surface area contributed by atoms with Crippen LogP contribution in [-0.2, 0) is 20.9 Å². The Morgan fingerprint density at radius 2 is 2.04 bits per heavy atom. The smallest absolute Gasteiger partial charge is 0.226 e. The molecule has 7 heteroatoms. The molecule has 2 N–H and O–H groups in total. The maximum absolute atomic E-state index is 12.7. The zero-order chi connectivity index (χ0) is 18.3. The second-order valence-corrected chi connectivity index (χ2v) is 6.42. The number of benzene rings is 1. The molecule has 1 fully saturated rings. The number of aliphatic hydroxyl groups excluding tert-OH is 1. The molecule has 0 saturated carbocycles. The van der Waals surface area contributed by atoms with Gasteiger partial charge in [-0.25, -0.2) is 0 Å². The zero-order valence-corrected chi connectivity index (χ0v) is 14.6. The largest absolute Gasteiger partial charge is 0.395 e. The summed E-state index contributed by atoms with van der Waals surface area (Å²) in [5.41, 5.74) is -0.484. The van der Waals surface area contributed by atoms with E-state index in [4.69, 9.17) is 4.74 Å². The number of nitrogens with zero attached hydrogens (tertiary/aromatic N) is 2. The van der Waals surface area contributed by atoms with Crippen LogP contribution in [0.5, 0.6) is 0 Å². The van der Waals surface area contributed by atoms with E-state index in [0.717, 1.165) is 5.56 Å². The van der Waals surface area contributed by atoms with E-state index in [2.05, 4.69) is 0 Å². The van der Waals surface area contributed by atoms with Crippen molar-refractivity contribution in [3.05, 3.63) is 35.9 Å². The van der Waals surface area contributed by atoms with Crippen LogP contribution in [0, 0.1) is 0 Å². The van der Waals surface area contributed by atoms with Gasteiger partial charge in [0.15, 0.2) is 0 Å². The Bertz CT molecular complexity index is 580. The summed E-state index contributed by atoms with van der Waals surface area (Å²) < 4.78 is 5.39. The third-order valence-electron chi connectivity index (χ3n) is 4.23. The highest BCUT2D eigenvalue weighted by Crippen LogP contribution is 2.19. The molecule has 1 aromatic rings. The topological polar surface area (TPSA) is 90.3 Å². The highest BCUT2D eigenvalue weighted by Gasteiger charge is 2.37. The first-order chi connectivity index (χ1) is 11.9. The minimum absolute atomic E-state index is 0.000815. The lowest BCUT2D eigenvalue weighted by atomic mass is 9.99. The first kappa shape index (κ1) is 19.4. The van der Waals surface area contributed by atoms with Gasteiger partial charge >= 0.3 is 0 Å². The van der Waals surface area contributed by atoms with Gasteiger partial charge in [0.1, 0.15) is 5.60 Å². The van der Waals surface area contributed by atoms with Crippen LogP contribution < -0.4 is 0 Å². The normalized spacial score (nSPS) is 20.8. The molecule has 138 valence electrons. The molecule has 7 nitrogen and oxygen atoms in total. The van der Waals surface area contributed by atoms with Gasteiger partial charge in [0.2, 0.25) is 11.8 Å². The highest BCUT2D eigenvalue weighted by atomic mass is 16.5.